The summed E-state index contributed by atoms with van der Waals surface area (Å²) in [5, 5.41) is 3.83. The third-order valence-electron chi connectivity index (χ3n) is 4.32. The van der Waals surface area contributed by atoms with Crippen LogP contribution in [0, 0.1) is 5.92 Å². The number of rotatable bonds is 6. The van der Waals surface area contributed by atoms with Crippen LogP contribution in [0.15, 0.2) is 34.9 Å². The number of nitrogens with one attached hydrogen (secondary N) is 1. The van der Waals surface area contributed by atoms with Crippen LogP contribution in [0.4, 0.5) is 5.82 Å². The highest BCUT2D eigenvalue weighted by molar-refractivity contribution is 7.92. The third kappa shape index (κ3) is 4.08. The van der Waals surface area contributed by atoms with Crippen LogP contribution in [-0.4, -0.2) is 26.4 Å². The first-order chi connectivity index (χ1) is 11.6. The molecule has 1 saturated carbocycles. The third-order valence-corrected chi connectivity index (χ3v) is 5.75. The fourth-order valence-corrected chi connectivity index (χ4v) is 4.62. The molecule has 1 N–H and O–H groups in total. The van der Waals surface area contributed by atoms with Crippen molar-refractivity contribution < 1.29 is 17.7 Å². The van der Waals surface area contributed by atoms with Crippen LogP contribution in [0.25, 0.3) is 11.3 Å². The molecule has 6 nitrogen and oxygen atoms in total. The van der Waals surface area contributed by atoms with Gasteiger partial charge in [-0.3, -0.25) is 4.72 Å². The van der Waals surface area contributed by atoms with Crippen molar-refractivity contribution in [1.29, 1.82) is 0 Å². The van der Waals surface area contributed by atoms with Crippen LogP contribution < -0.4 is 9.46 Å². The summed E-state index contributed by atoms with van der Waals surface area (Å²) in [6.07, 6.45) is 5.39. The molecule has 1 heterocycles. The van der Waals surface area contributed by atoms with E-state index in [0.29, 0.717) is 11.5 Å². The zero-order valence-electron chi connectivity index (χ0n) is 13.7. The predicted molar refractivity (Wildman–Crippen MR) is 92.5 cm³/mol. The fourth-order valence-electron chi connectivity index (χ4n) is 3.16. The Morgan fingerprint density at radius 1 is 1.25 bits per heavy atom. The lowest BCUT2D eigenvalue weighted by Gasteiger charge is -2.21. The van der Waals surface area contributed by atoms with Crippen molar-refractivity contribution in [2.45, 2.75) is 32.1 Å². The molecule has 130 valence electrons. The lowest BCUT2D eigenvalue weighted by Crippen LogP contribution is -2.24. The summed E-state index contributed by atoms with van der Waals surface area (Å²) in [5.41, 5.74) is 0.727. The largest absolute Gasteiger partial charge is 0.496 e. The van der Waals surface area contributed by atoms with Gasteiger partial charge in [0.25, 0.3) is 0 Å². The predicted octanol–water partition coefficient (Wildman–Crippen LogP) is 3.67. The number of benzene rings is 1. The maximum absolute atomic E-state index is 12.3. The van der Waals surface area contributed by atoms with Gasteiger partial charge < -0.3 is 9.26 Å². The average molecular weight is 350 g/mol. The minimum Gasteiger partial charge on any atom is -0.496 e. The number of nitrogens with zero attached hydrogens (tertiary/aromatic N) is 1. The van der Waals surface area contributed by atoms with Gasteiger partial charge in [-0.05, 0) is 30.9 Å². The molecule has 0 atom stereocenters. The summed E-state index contributed by atoms with van der Waals surface area (Å²) < 4.78 is 37.7. The molecule has 2 aromatic rings. The van der Waals surface area contributed by atoms with Gasteiger partial charge >= 0.3 is 0 Å². The summed E-state index contributed by atoms with van der Waals surface area (Å²) in [7, 11) is -1.85. The van der Waals surface area contributed by atoms with Crippen LogP contribution in [0.1, 0.15) is 32.1 Å². The Labute approximate surface area is 142 Å². The van der Waals surface area contributed by atoms with Gasteiger partial charge in [-0.25, -0.2) is 8.42 Å². The summed E-state index contributed by atoms with van der Waals surface area (Å²) in [4.78, 5) is 0. The summed E-state index contributed by atoms with van der Waals surface area (Å²) in [6, 6.07) is 8.93. The number of methoxy groups -OCH3 is 1. The lowest BCUT2D eigenvalue weighted by atomic mass is 9.91. The SMILES string of the molecule is COc1ccccc1-c1cc(NS(=O)(=O)CC2CCCCC2)no1. The summed E-state index contributed by atoms with van der Waals surface area (Å²) in [6.45, 7) is 0. The number of para-hydroxylation sites is 1. The Kier molecular flexibility index (Phi) is 5.08. The topological polar surface area (TPSA) is 81.4 Å². The minimum absolute atomic E-state index is 0.143. The van der Waals surface area contributed by atoms with E-state index in [0.717, 1.165) is 31.2 Å². The first-order valence-electron chi connectivity index (χ1n) is 8.18. The van der Waals surface area contributed by atoms with Gasteiger partial charge in [0.15, 0.2) is 11.6 Å². The number of anilines is 1. The molecule has 1 fully saturated rings. The Morgan fingerprint density at radius 3 is 2.75 bits per heavy atom. The zero-order valence-corrected chi connectivity index (χ0v) is 14.5. The maximum Gasteiger partial charge on any atom is 0.234 e. The van der Waals surface area contributed by atoms with E-state index in [1.165, 1.54) is 6.42 Å². The quantitative estimate of drug-likeness (QED) is 0.859. The molecule has 0 amide bonds. The van der Waals surface area contributed by atoms with E-state index in [1.54, 1.807) is 13.2 Å². The van der Waals surface area contributed by atoms with Gasteiger partial charge in [0.1, 0.15) is 5.75 Å². The number of hydrogen-bond acceptors (Lipinski definition) is 5. The van der Waals surface area contributed by atoms with E-state index >= 15 is 0 Å². The van der Waals surface area contributed by atoms with Crippen molar-refractivity contribution in [1.82, 2.24) is 5.16 Å². The highest BCUT2D eigenvalue weighted by Gasteiger charge is 2.22. The van der Waals surface area contributed by atoms with Crippen LogP contribution in [-0.2, 0) is 10.0 Å². The molecule has 7 heteroatoms. The van der Waals surface area contributed by atoms with E-state index in [4.69, 9.17) is 9.26 Å². The highest BCUT2D eigenvalue weighted by Crippen LogP contribution is 2.31. The molecule has 0 radical (unpaired) electrons. The van der Waals surface area contributed by atoms with E-state index in [9.17, 15) is 8.42 Å². The molecule has 1 aromatic carbocycles. The van der Waals surface area contributed by atoms with E-state index in [-0.39, 0.29) is 17.5 Å². The molecular formula is C17H22N2O4S. The van der Waals surface area contributed by atoms with E-state index in [1.807, 2.05) is 24.3 Å². The normalized spacial score (nSPS) is 16.0. The molecule has 0 spiro atoms. The molecule has 0 saturated heterocycles. The molecule has 0 unspecified atom stereocenters. The van der Waals surface area contributed by atoms with Crippen LogP contribution in [0.5, 0.6) is 5.75 Å². The molecule has 0 bridgehead atoms. The zero-order chi connectivity index (χ0) is 17.0. The van der Waals surface area contributed by atoms with E-state index < -0.39 is 10.0 Å². The number of ether oxygens (including phenoxy) is 1. The Bertz CT molecular complexity index is 779. The first kappa shape index (κ1) is 16.8. The molecule has 1 aliphatic carbocycles. The maximum atomic E-state index is 12.3. The van der Waals surface area contributed by atoms with Gasteiger partial charge in [0, 0.05) is 6.07 Å². The van der Waals surface area contributed by atoms with Gasteiger partial charge in [0.05, 0.1) is 18.4 Å². The molecule has 3 rings (SSSR count). The Balaban J connectivity index is 1.71. The average Bonchev–Trinajstić information content (AvgIpc) is 3.02. The first-order valence-corrected chi connectivity index (χ1v) is 9.83. The van der Waals surface area contributed by atoms with Crippen molar-refractivity contribution in [3.8, 4) is 17.1 Å². The Hall–Kier alpha value is -2.02. The van der Waals surface area contributed by atoms with Gasteiger partial charge in [-0.2, -0.15) is 0 Å². The van der Waals surface area contributed by atoms with Crippen molar-refractivity contribution in [2.24, 2.45) is 5.92 Å². The second-order valence-electron chi connectivity index (χ2n) is 6.16. The van der Waals surface area contributed by atoms with Crippen molar-refractivity contribution in [3.63, 3.8) is 0 Å². The summed E-state index contributed by atoms with van der Waals surface area (Å²) in [5.74, 6) is 1.68. The van der Waals surface area contributed by atoms with Crippen LogP contribution >= 0.6 is 0 Å². The van der Waals surface area contributed by atoms with Gasteiger partial charge in [-0.15, -0.1) is 0 Å². The number of sulfonamides is 1. The number of aromatic nitrogens is 1. The fraction of sp³-hybridized carbons (Fsp3) is 0.471. The van der Waals surface area contributed by atoms with Crippen molar-refractivity contribution >= 4 is 15.8 Å². The molecule has 1 aliphatic rings. The smallest absolute Gasteiger partial charge is 0.234 e. The Morgan fingerprint density at radius 2 is 2.00 bits per heavy atom. The monoisotopic (exact) mass is 350 g/mol. The van der Waals surface area contributed by atoms with Crippen LogP contribution in [0.2, 0.25) is 0 Å². The second-order valence-corrected chi connectivity index (χ2v) is 7.93. The molecular weight excluding hydrogens is 328 g/mol. The number of hydrogen-bond donors (Lipinski definition) is 1. The van der Waals surface area contributed by atoms with Crippen molar-refractivity contribution in [2.75, 3.05) is 17.6 Å². The van der Waals surface area contributed by atoms with Crippen LogP contribution in [0.3, 0.4) is 0 Å². The lowest BCUT2D eigenvalue weighted by molar-refractivity contribution is 0.385. The standard InChI is InChI=1S/C17H22N2O4S/c1-22-15-10-6-5-9-14(15)16-11-17(18-23-16)19-24(20,21)12-13-7-3-2-4-8-13/h5-6,9-11,13H,2-4,7-8,12H2,1H3,(H,18,19). The van der Waals surface area contributed by atoms with Crippen molar-refractivity contribution in [3.05, 3.63) is 30.3 Å². The van der Waals surface area contributed by atoms with Gasteiger partial charge in [0.2, 0.25) is 10.0 Å². The van der Waals surface area contributed by atoms with E-state index in [2.05, 4.69) is 9.88 Å². The highest BCUT2D eigenvalue weighted by atomic mass is 32.2. The minimum atomic E-state index is -3.42. The summed E-state index contributed by atoms with van der Waals surface area (Å²) >= 11 is 0. The second kappa shape index (κ2) is 7.25. The molecule has 0 aliphatic heterocycles. The van der Waals surface area contributed by atoms with Gasteiger partial charge in [-0.1, -0.05) is 36.6 Å². The molecule has 1 aromatic heterocycles. The molecule has 24 heavy (non-hydrogen) atoms.